The van der Waals surface area contributed by atoms with Crippen LogP contribution in [0.5, 0.6) is 0 Å². The van der Waals surface area contributed by atoms with Crippen LogP contribution in [0, 0.1) is 0 Å². The van der Waals surface area contributed by atoms with E-state index in [0.717, 1.165) is 13.1 Å². The predicted octanol–water partition coefficient (Wildman–Crippen LogP) is 2.76. The number of nitrogens with zero attached hydrogens (tertiary/aromatic N) is 1. The van der Waals surface area contributed by atoms with E-state index in [1.807, 2.05) is 0 Å². The molecule has 1 rings (SSSR count). The molecule has 0 aliphatic rings. The summed E-state index contributed by atoms with van der Waals surface area (Å²) < 4.78 is 0.604. The van der Waals surface area contributed by atoms with Gasteiger partial charge in [-0.2, -0.15) is 0 Å². The number of hydrogen-bond acceptors (Lipinski definition) is 1. The zero-order valence-electron chi connectivity index (χ0n) is 9.75. The van der Waals surface area contributed by atoms with Gasteiger partial charge in [-0.25, -0.2) is 0 Å². The van der Waals surface area contributed by atoms with E-state index in [4.69, 9.17) is 0 Å². The molecule has 2 heteroatoms. The van der Waals surface area contributed by atoms with Crippen LogP contribution in [0.4, 0.5) is 5.69 Å². The fourth-order valence-corrected chi connectivity index (χ4v) is 1.83. The second-order valence-corrected chi connectivity index (χ2v) is 3.89. The van der Waals surface area contributed by atoms with Crippen LogP contribution in [0.25, 0.3) is 0 Å². The zero-order valence-corrected chi connectivity index (χ0v) is 9.75. The molecule has 1 aromatic carbocycles. The van der Waals surface area contributed by atoms with Gasteiger partial charge in [-0.3, -0.25) is 0 Å². The Morgan fingerprint density at radius 3 is 2.29 bits per heavy atom. The first-order chi connectivity index (χ1) is 6.70. The fraction of sp³-hybridized carbons (Fsp3) is 0.500. The van der Waals surface area contributed by atoms with Gasteiger partial charge < -0.3 is 0 Å². The molecule has 0 heterocycles. The normalized spacial score (nSPS) is 12.6. The first kappa shape index (κ1) is 11.7. The molecule has 0 aliphatic carbocycles. The van der Waals surface area contributed by atoms with E-state index in [9.17, 15) is 0 Å². The Morgan fingerprint density at radius 2 is 1.79 bits per heavy atom. The van der Waals surface area contributed by atoms with Crippen LogP contribution < -0.4 is 4.90 Å². The van der Waals surface area contributed by atoms with Crippen LogP contribution in [0.15, 0.2) is 24.3 Å². The Hall–Kier alpha value is -0.383. The second kappa shape index (κ2) is 5.49. The van der Waals surface area contributed by atoms with Crippen molar-refractivity contribution in [3.63, 3.8) is 0 Å². The van der Waals surface area contributed by atoms with Crippen molar-refractivity contribution in [1.82, 2.24) is 0 Å². The molecule has 0 amide bonds. The Balaban J connectivity index is 3.05. The van der Waals surface area contributed by atoms with E-state index in [0.29, 0.717) is 4.59 Å². The summed E-state index contributed by atoms with van der Waals surface area (Å²) in [5.74, 6) is 0. The van der Waals surface area contributed by atoms with Gasteiger partial charge in [0, 0.05) is 0 Å². The standard InChI is InChI=1S/C12H18N.Li/c1-4-11-9-7-8-10-12(11)13(5-2)6-3;/h4,7-10H,5-6H2,1-3H3;. The van der Waals surface area contributed by atoms with Gasteiger partial charge in [0.15, 0.2) is 0 Å². The minimum absolute atomic E-state index is 0.604. The molecule has 1 atom stereocenters. The number of hydrogen-bond donors (Lipinski definition) is 0. The number of para-hydroxylation sites is 1. The van der Waals surface area contributed by atoms with Crippen LogP contribution >= 0.6 is 0 Å². The van der Waals surface area contributed by atoms with Crippen LogP contribution in [0.1, 0.15) is 30.9 Å². The third kappa shape index (κ3) is 2.56. The monoisotopic (exact) mass is 183 g/mol. The zero-order chi connectivity index (χ0) is 10.6. The maximum absolute atomic E-state index is 2.41. The van der Waals surface area contributed by atoms with Gasteiger partial charge in [-0.05, 0) is 0 Å². The molecule has 0 fully saturated rings. The summed E-state index contributed by atoms with van der Waals surface area (Å²) in [5.41, 5.74) is 2.85. The summed E-state index contributed by atoms with van der Waals surface area (Å²) >= 11 is 2.25. The molecular weight excluding hydrogens is 165 g/mol. The molecule has 1 aromatic rings. The van der Waals surface area contributed by atoms with Gasteiger partial charge >= 0.3 is 96.6 Å². The quantitative estimate of drug-likeness (QED) is 0.649. The molecule has 72 valence electrons. The molecule has 0 bridgehead atoms. The van der Waals surface area contributed by atoms with E-state index < -0.39 is 0 Å². The van der Waals surface area contributed by atoms with Gasteiger partial charge in [0.2, 0.25) is 0 Å². The Morgan fingerprint density at radius 1 is 1.21 bits per heavy atom. The number of benzene rings is 1. The van der Waals surface area contributed by atoms with Crippen molar-refractivity contribution >= 4 is 23.4 Å². The molecule has 0 aromatic heterocycles. The van der Waals surface area contributed by atoms with Crippen molar-refractivity contribution in [3.8, 4) is 0 Å². The molecule has 0 aliphatic heterocycles. The molecule has 0 saturated carbocycles. The Kier molecular flexibility index (Phi) is 4.58. The van der Waals surface area contributed by atoms with E-state index in [1.54, 1.807) is 0 Å². The summed E-state index contributed by atoms with van der Waals surface area (Å²) in [5, 5.41) is 0. The SMILES string of the molecule is [Li][CH](C)c1ccccc1N(CC)CC. The van der Waals surface area contributed by atoms with E-state index in [-0.39, 0.29) is 0 Å². The Labute approximate surface area is 96.7 Å². The topological polar surface area (TPSA) is 3.24 Å². The molecule has 0 spiro atoms. The van der Waals surface area contributed by atoms with Gasteiger partial charge in [-0.1, -0.05) is 0 Å². The van der Waals surface area contributed by atoms with Crippen LogP contribution in [-0.2, 0) is 0 Å². The number of anilines is 1. The predicted molar refractivity (Wildman–Crippen MR) is 64.2 cm³/mol. The second-order valence-electron chi connectivity index (χ2n) is 3.89. The van der Waals surface area contributed by atoms with Gasteiger partial charge in [-0.15, -0.1) is 0 Å². The maximum atomic E-state index is 2.41. The van der Waals surface area contributed by atoms with Crippen molar-refractivity contribution < 1.29 is 0 Å². The van der Waals surface area contributed by atoms with Crippen molar-refractivity contribution in [2.24, 2.45) is 0 Å². The molecule has 1 unspecified atom stereocenters. The van der Waals surface area contributed by atoms with Crippen LogP contribution in [0.2, 0.25) is 0 Å². The van der Waals surface area contributed by atoms with Gasteiger partial charge in [0.1, 0.15) is 0 Å². The summed E-state index contributed by atoms with van der Waals surface area (Å²) in [4.78, 5) is 2.41. The van der Waals surface area contributed by atoms with Crippen molar-refractivity contribution in [2.45, 2.75) is 25.4 Å². The van der Waals surface area contributed by atoms with Crippen molar-refractivity contribution in [1.29, 1.82) is 0 Å². The van der Waals surface area contributed by atoms with Crippen molar-refractivity contribution in [2.75, 3.05) is 18.0 Å². The number of rotatable bonds is 4. The molecule has 0 N–H and O–H groups in total. The van der Waals surface area contributed by atoms with E-state index in [2.05, 4.69) is 67.7 Å². The van der Waals surface area contributed by atoms with Crippen LogP contribution in [-0.4, -0.2) is 30.8 Å². The summed E-state index contributed by atoms with van der Waals surface area (Å²) in [6, 6.07) is 8.71. The van der Waals surface area contributed by atoms with Gasteiger partial charge in [0.25, 0.3) is 0 Å². The average molecular weight is 183 g/mol. The third-order valence-corrected chi connectivity index (χ3v) is 2.66. The molecule has 1 nitrogen and oxygen atoms in total. The first-order valence-corrected chi connectivity index (χ1v) is 5.54. The molecule has 0 radical (unpaired) electrons. The van der Waals surface area contributed by atoms with E-state index in [1.165, 1.54) is 11.3 Å². The minimum atomic E-state index is 0.604. The molecule has 0 saturated heterocycles. The molecular formula is C12H18LiN. The van der Waals surface area contributed by atoms with Crippen molar-refractivity contribution in [3.05, 3.63) is 29.8 Å². The molecule has 14 heavy (non-hydrogen) atoms. The van der Waals surface area contributed by atoms with E-state index >= 15 is 0 Å². The van der Waals surface area contributed by atoms with Gasteiger partial charge in [0.05, 0.1) is 0 Å². The summed E-state index contributed by atoms with van der Waals surface area (Å²) in [6.07, 6.45) is 0. The van der Waals surface area contributed by atoms with Crippen LogP contribution in [0.3, 0.4) is 0 Å². The summed E-state index contributed by atoms with van der Waals surface area (Å²) in [7, 11) is 0. The third-order valence-electron chi connectivity index (χ3n) is 2.66. The summed E-state index contributed by atoms with van der Waals surface area (Å²) in [6.45, 7) is 8.84. The fourth-order valence-electron chi connectivity index (χ4n) is 1.83. The average Bonchev–Trinajstić information content (AvgIpc) is 2.20. The Bertz CT molecular complexity index is 279. The first-order valence-electron chi connectivity index (χ1n) is 5.54.